The highest BCUT2D eigenvalue weighted by atomic mass is 16.4. The van der Waals surface area contributed by atoms with Crippen LogP contribution in [0.2, 0.25) is 0 Å². The Hall–Kier alpha value is -2.66. The maximum atomic E-state index is 12.2. The molecule has 2 aromatic rings. The zero-order valence-electron chi connectivity index (χ0n) is 11.2. The Morgan fingerprint density at radius 1 is 0.952 bits per heavy atom. The van der Waals surface area contributed by atoms with E-state index >= 15 is 0 Å². The van der Waals surface area contributed by atoms with Crippen LogP contribution >= 0.6 is 0 Å². The summed E-state index contributed by atoms with van der Waals surface area (Å²) in [5.41, 5.74) is 0.750. The maximum absolute atomic E-state index is 12.2. The van der Waals surface area contributed by atoms with Gasteiger partial charge >= 0.3 is 5.97 Å². The third-order valence-corrected chi connectivity index (χ3v) is 3.09. The van der Waals surface area contributed by atoms with Gasteiger partial charge in [-0.1, -0.05) is 42.5 Å². The highest BCUT2D eigenvalue weighted by Crippen LogP contribution is 2.14. The summed E-state index contributed by atoms with van der Waals surface area (Å²) < 4.78 is 0. The number of benzene rings is 2. The Morgan fingerprint density at radius 3 is 2.10 bits per heavy atom. The predicted molar refractivity (Wildman–Crippen MR) is 77.1 cm³/mol. The quantitative estimate of drug-likeness (QED) is 0.782. The molecule has 108 valence electrons. The van der Waals surface area contributed by atoms with E-state index in [4.69, 9.17) is 5.11 Å². The first-order chi connectivity index (χ1) is 10.1. The van der Waals surface area contributed by atoms with Gasteiger partial charge in [0.2, 0.25) is 0 Å². The number of carboxylic acids is 1. The van der Waals surface area contributed by atoms with Crippen LogP contribution in [0.15, 0.2) is 54.6 Å². The van der Waals surface area contributed by atoms with Gasteiger partial charge < -0.3 is 15.5 Å². The summed E-state index contributed by atoms with van der Waals surface area (Å²) in [6, 6.07) is 14.4. The zero-order valence-corrected chi connectivity index (χ0v) is 11.2. The van der Waals surface area contributed by atoms with Crippen molar-refractivity contribution in [2.24, 2.45) is 0 Å². The van der Waals surface area contributed by atoms with Gasteiger partial charge in [-0.25, -0.2) is 4.79 Å². The number of carbonyl (C=O) groups is 2. The molecule has 1 atom stereocenters. The van der Waals surface area contributed by atoms with Gasteiger partial charge in [-0.2, -0.15) is 0 Å². The molecule has 2 rings (SSSR count). The van der Waals surface area contributed by atoms with Crippen molar-refractivity contribution in [3.05, 3.63) is 71.3 Å². The van der Waals surface area contributed by atoms with Crippen molar-refractivity contribution in [1.82, 2.24) is 5.32 Å². The van der Waals surface area contributed by atoms with Crippen LogP contribution in [0, 0.1) is 0 Å². The largest absolute Gasteiger partial charge is 0.478 e. The lowest BCUT2D eigenvalue weighted by atomic mass is 10.0. The van der Waals surface area contributed by atoms with Crippen LogP contribution in [0.25, 0.3) is 0 Å². The van der Waals surface area contributed by atoms with E-state index in [2.05, 4.69) is 5.32 Å². The molecule has 1 amide bonds. The summed E-state index contributed by atoms with van der Waals surface area (Å²) >= 11 is 0. The highest BCUT2D eigenvalue weighted by Gasteiger charge is 2.19. The SMILES string of the molecule is O=C(O)c1ccccc1C(=O)NC(CO)c1ccccc1. The van der Waals surface area contributed by atoms with E-state index < -0.39 is 17.9 Å². The lowest BCUT2D eigenvalue weighted by molar-refractivity contribution is 0.0690. The second-order valence-corrected chi connectivity index (χ2v) is 4.47. The number of hydrogen-bond donors (Lipinski definition) is 3. The minimum atomic E-state index is -1.17. The number of carboxylic acid groups (broad SMARTS) is 1. The summed E-state index contributed by atoms with van der Waals surface area (Å²) in [6.45, 7) is -0.273. The number of aromatic carboxylic acids is 1. The summed E-state index contributed by atoms with van der Waals surface area (Å²) in [5.74, 6) is -1.70. The molecule has 5 nitrogen and oxygen atoms in total. The van der Waals surface area contributed by atoms with Crippen molar-refractivity contribution in [2.45, 2.75) is 6.04 Å². The number of hydrogen-bond acceptors (Lipinski definition) is 3. The van der Waals surface area contributed by atoms with Crippen LogP contribution in [0.1, 0.15) is 32.3 Å². The number of nitrogens with one attached hydrogen (secondary N) is 1. The highest BCUT2D eigenvalue weighted by molar-refractivity contribution is 6.04. The summed E-state index contributed by atoms with van der Waals surface area (Å²) in [5, 5.41) is 21.2. The van der Waals surface area contributed by atoms with Gasteiger partial charge in [0.05, 0.1) is 23.8 Å². The molecule has 0 fully saturated rings. The van der Waals surface area contributed by atoms with E-state index in [1.54, 1.807) is 36.4 Å². The van der Waals surface area contributed by atoms with Crippen molar-refractivity contribution in [3.8, 4) is 0 Å². The van der Waals surface area contributed by atoms with Gasteiger partial charge in [0.25, 0.3) is 5.91 Å². The van der Waals surface area contributed by atoms with E-state index in [9.17, 15) is 14.7 Å². The standard InChI is InChI=1S/C16H15NO4/c18-10-14(11-6-2-1-3-7-11)17-15(19)12-8-4-5-9-13(12)16(20)21/h1-9,14,18H,10H2,(H,17,19)(H,20,21). The van der Waals surface area contributed by atoms with E-state index in [0.29, 0.717) is 0 Å². The molecular formula is C16H15NO4. The minimum Gasteiger partial charge on any atom is -0.478 e. The Morgan fingerprint density at radius 2 is 1.52 bits per heavy atom. The first-order valence-electron chi connectivity index (χ1n) is 6.42. The molecule has 0 aliphatic rings. The molecule has 3 N–H and O–H groups in total. The molecule has 5 heteroatoms. The third-order valence-electron chi connectivity index (χ3n) is 3.09. The fourth-order valence-electron chi connectivity index (χ4n) is 2.02. The monoisotopic (exact) mass is 285 g/mol. The Kier molecular flexibility index (Phi) is 4.68. The predicted octanol–water partition coefficient (Wildman–Crippen LogP) is 1.85. The lowest BCUT2D eigenvalue weighted by Crippen LogP contribution is -2.31. The molecule has 0 saturated carbocycles. The molecule has 1 unspecified atom stereocenters. The molecule has 21 heavy (non-hydrogen) atoms. The van der Waals surface area contributed by atoms with Crippen LogP contribution < -0.4 is 5.32 Å². The summed E-state index contributed by atoms with van der Waals surface area (Å²) in [4.78, 5) is 23.3. The van der Waals surface area contributed by atoms with Crippen LogP contribution in [0.3, 0.4) is 0 Å². The maximum Gasteiger partial charge on any atom is 0.336 e. The van der Waals surface area contributed by atoms with Crippen LogP contribution in [-0.2, 0) is 0 Å². The van der Waals surface area contributed by atoms with Crippen molar-refractivity contribution in [1.29, 1.82) is 0 Å². The van der Waals surface area contributed by atoms with E-state index in [1.807, 2.05) is 6.07 Å². The Bertz CT molecular complexity index is 640. The second kappa shape index (κ2) is 6.67. The molecule has 0 radical (unpaired) electrons. The average Bonchev–Trinajstić information content (AvgIpc) is 2.53. The summed E-state index contributed by atoms with van der Waals surface area (Å²) in [6.07, 6.45) is 0. The zero-order chi connectivity index (χ0) is 15.2. The van der Waals surface area contributed by atoms with Crippen molar-refractivity contribution in [3.63, 3.8) is 0 Å². The fourth-order valence-corrected chi connectivity index (χ4v) is 2.02. The molecule has 0 aliphatic heterocycles. The number of amides is 1. The molecular weight excluding hydrogens is 270 g/mol. The van der Waals surface area contributed by atoms with Gasteiger partial charge in [0, 0.05) is 0 Å². The van der Waals surface area contributed by atoms with Crippen molar-refractivity contribution < 1.29 is 19.8 Å². The molecule has 0 heterocycles. The van der Waals surface area contributed by atoms with Crippen LogP contribution in [0.5, 0.6) is 0 Å². The molecule has 0 aliphatic carbocycles. The number of carbonyl (C=O) groups excluding carboxylic acids is 1. The Labute approximate surface area is 121 Å². The normalized spacial score (nSPS) is 11.7. The van der Waals surface area contributed by atoms with Gasteiger partial charge in [-0.05, 0) is 17.7 Å². The molecule has 2 aromatic carbocycles. The molecule has 0 bridgehead atoms. The first-order valence-corrected chi connectivity index (χ1v) is 6.42. The molecule has 0 saturated heterocycles. The molecule has 0 spiro atoms. The second-order valence-electron chi connectivity index (χ2n) is 4.47. The summed E-state index contributed by atoms with van der Waals surface area (Å²) in [7, 11) is 0. The number of rotatable bonds is 5. The van der Waals surface area contributed by atoms with Crippen molar-refractivity contribution >= 4 is 11.9 Å². The van der Waals surface area contributed by atoms with E-state index in [0.717, 1.165) is 5.56 Å². The fraction of sp³-hybridized carbons (Fsp3) is 0.125. The van der Waals surface area contributed by atoms with Crippen LogP contribution in [-0.4, -0.2) is 28.7 Å². The molecule has 0 aromatic heterocycles. The van der Waals surface area contributed by atoms with E-state index in [-0.39, 0.29) is 17.7 Å². The number of aliphatic hydroxyl groups excluding tert-OH is 1. The van der Waals surface area contributed by atoms with Gasteiger partial charge in [0.1, 0.15) is 0 Å². The van der Waals surface area contributed by atoms with Crippen molar-refractivity contribution in [2.75, 3.05) is 6.61 Å². The third kappa shape index (κ3) is 3.46. The van der Waals surface area contributed by atoms with Gasteiger partial charge in [0.15, 0.2) is 0 Å². The van der Waals surface area contributed by atoms with E-state index in [1.165, 1.54) is 12.1 Å². The number of aliphatic hydroxyl groups is 1. The lowest BCUT2D eigenvalue weighted by Gasteiger charge is -2.17. The first kappa shape index (κ1) is 14.7. The topological polar surface area (TPSA) is 86.6 Å². The van der Waals surface area contributed by atoms with Crippen LogP contribution in [0.4, 0.5) is 0 Å². The van der Waals surface area contributed by atoms with Gasteiger partial charge in [-0.15, -0.1) is 0 Å². The Balaban J connectivity index is 2.23. The van der Waals surface area contributed by atoms with Gasteiger partial charge in [-0.3, -0.25) is 4.79 Å². The minimum absolute atomic E-state index is 0.0689. The average molecular weight is 285 g/mol. The smallest absolute Gasteiger partial charge is 0.336 e.